The molecule has 8 nitrogen and oxygen atoms in total. The number of ether oxygens (including phenoxy) is 1. The molecule has 0 fully saturated rings. The number of carboxylic acids is 1. The van der Waals surface area contributed by atoms with Crippen molar-refractivity contribution in [3.63, 3.8) is 0 Å². The van der Waals surface area contributed by atoms with Gasteiger partial charge in [-0.1, -0.05) is 24.3 Å². The number of carbonyl (C=O) groups is 2. The summed E-state index contributed by atoms with van der Waals surface area (Å²) in [5, 5.41) is 9.11. The van der Waals surface area contributed by atoms with E-state index in [0.29, 0.717) is 4.31 Å². The number of aliphatic carboxylic acids is 1. The van der Waals surface area contributed by atoms with Gasteiger partial charge in [-0.15, -0.1) is 0 Å². The average molecular weight is 362 g/mol. The van der Waals surface area contributed by atoms with E-state index in [1.807, 2.05) is 0 Å². The second-order valence-corrected chi connectivity index (χ2v) is 6.93. The highest BCUT2D eigenvalue weighted by atomic mass is 32.2. The molecule has 0 spiro atoms. The van der Waals surface area contributed by atoms with Gasteiger partial charge in [-0.05, 0) is 24.3 Å². The molecule has 9 heteroatoms. The first-order chi connectivity index (χ1) is 11.9. The topological polar surface area (TPSA) is 104 Å². The van der Waals surface area contributed by atoms with E-state index >= 15 is 0 Å². The highest BCUT2D eigenvalue weighted by Crippen LogP contribution is 2.40. The second kappa shape index (κ2) is 6.10. The zero-order valence-corrected chi connectivity index (χ0v) is 13.9. The molecular formula is C16H14N2O6S. The highest BCUT2D eigenvalue weighted by Gasteiger charge is 2.44. The van der Waals surface area contributed by atoms with Crippen molar-refractivity contribution in [3.8, 4) is 5.75 Å². The van der Waals surface area contributed by atoms with Crippen LogP contribution in [0.5, 0.6) is 5.75 Å². The molecule has 1 N–H and O–H groups in total. The number of fused-ring (bicyclic) bond motifs is 1. The summed E-state index contributed by atoms with van der Waals surface area (Å²) in [6.07, 6.45) is 0. The molecule has 0 unspecified atom stereocenters. The number of carboxylic acid groups (broad SMARTS) is 1. The van der Waals surface area contributed by atoms with E-state index in [1.165, 1.54) is 43.5 Å². The number of anilines is 2. The van der Waals surface area contributed by atoms with Crippen molar-refractivity contribution in [2.45, 2.75) is 4.90 Å². The zero-order chi connectivity index (χ0) is 18.2. The predicted molar refractivity (Wildman–Crippen MR) is 89.5 cm³/mol. The highest BCUT2D eigenvalue weighted by molar-refractivity contribution is 7.94. The summed E-state index contributed by atoms with van der Waals surface area (Å²) < 4.78 is 31.7. The van der Waals surface area contributed by atoms with Crippen molar-refractivity contribution in [2.75, 3.05) is 22.9 Å². The van der Waals surface area contributed by atoms with E-state index in [0.717, 1.165) is 4.90 Å². The predicted octanol–water partition coefficient (Wildman–Crippen LogP) is 1.92. The molecular weight excluding hydrogens is 348 g/mol. The van der Waals surface area contributed by atoms with Gasteiger partial charge in [0.05, 0.1) is 12.8 Å². The SMILES string of the molecule is COc1ccccc1N1C(=O)N(CC(=O)O)c2ccccc2S1(=O)=O. The minimum atomic E-state index is -4.22. The van der Waals surface area contributed by atoms with Gasteiger partial charge in [0.25, 0.3) is 10.0 Å². The van der Waals surface area contributed by atoms with E-state index < -0.39 is 28.6 Å². The van der Waals surface area contributed by atoms with Crippen LogP contribution < -0.4 is 13.9 Å². The van der Waals surface area contributed by atoms with Crippen LogP contribution in [0.3, 0.4) is 0 Å². The van der Waals surface area contributed by atoms with Crippen LogP contribution in [0.2, 0.25) is 0 Å². The number of rotatable bonds is 4. The first kappa shape index (κ1) is 16.8. The maximum Gasteiger partial charge on any atom is 0.343 e. The van der Waals surface area contributed by atoms with Gasteiger partial charge in [0.2, 0.25) is 0 Å². The second-order valence-electron chi connectivity index (χ2n) is 5.17. The number of benzene rings is 2. The Labute approximate surface area is 143 Å². The lowest BCUT2D eigenvalue weighted by molar-refractivity contribution is -0.135. The fourth-order valence-electron chi connectivity index (χ4n) is 2.63. The molecule has 0 saturated heterocycles. The lowest BCUT2D eigenvalue weighted by atomic mass is 10.2. The largest absolute Gasteiger partial charge is 0.495 e. The monoisotopic (exact) mass is 362 g/mol. The number of sulfonamides is 1. The Morgan fingerprint density at radius 2 is 1.68 bits per heavy atom. The molecule has 0 radical (unpaired) electrons. The number of methoxy groups -OCH3 is 1. The maximum atomic E-state index is 13.0. The van der Waals surface area contributed by atoms with E-state index in [1.54, 1.807) is 12.1 Å². The summed E-state index contributed by atoms with van der Waals surface area (Å²) >= 11 is 0. The van der Waals surface area contributed by atoms with Gasteiger partial charge in [0, 0.05) is 0 Å². The summed E-state index contributed by atoms with van der Waals surface area (Å²) in [5.41, 5.74) is 0.0425. The van der Waals surface area contributed by atoms with Gasteiger partial charge in [0.15, 0.2) is 0 Å². The van der Waals surface area contributed by atoms with Crippen molar-refractivity contribution >= 4 is 33.4 Å². The summed E-state index contributed by atoms with van der Waals surface area (Å²) in [7, 11) is -2.87. The van der Waals surface area contributed by atoms with E-state index in [4.69, 9.17) is 9.84 Å². The van der Waals surface area contributed by atoms with Gasteiger partial charge in [-0.3, -0.25) is 9.69 Å². The van der Waals surface area contributed by atoms with Gasteiger partial charge < -0.3 is 9.84 Å². The van der Waals surface area contributed by atoms with Crippen molar-refractivity contribution in [2.24, 2.45) is 0 Å². The molecule has 0 saturated carbocycles. The third-order valence-corrected chi connectivity index (χ3v) is 5.41. The van der Waals surface area contributed by atoms with Crippen LogP contribution in [-0.4, -0.2) is 39.2 Å². The number of hydrogen-bond acceptors (Lipinski definition) is 5. The van der Waals surface area contributed by atoms with Gasteiger partial charge in [-0.25, -0.2) is 13.2 Å². The molecule has 0 aliphatic carbocycles. The first-order valence-electron chi connectivity index (χ1n) is 7.18. The molecule has 3 rings (SSSR count). The van der Waals surface area contributed by atoms with Crippen LogP contribution in [-0.2, 0) is 14.8 Å². The molecule has 0 aromatic heterocycles. The molecule has 1 aliphatic heterocycles. The molecule has 1 aliphatic rings. The number of carbonyl (C=O) groups excluding carboxylic acids is 1. The smallest absolute Gasteiger partial charge is 0.343 e. The Bertz CT molecular complexity index is 957. The molecule has 0 atom stereocenters. The molecule has 25 heavy (non-hydrogen) atoms. The van der Waals surface area contributed by atoms with Crippen LogP contribution in [0, 0.1) is 0 Å². The lowest BCUT2D eigenvalue weighted by Crippen LogP contribution is -2.52. The Hall–Kier alpha value is -3.07. The fraction of sp³-hybridized carbons (Fsp3) is 0.125. The fourth-order valence-corrected chi connectivity index (χ4v) is 4.23. The van der Waals surface area contributed by atoms with Crippen LogP contribution in [0.15, 0.2) is 53.4 Å². The van der Waals surface area contributed by atoms with Gasteiger partial charge >= 0.3 is 12.0 Å². The number of hydrogen-bond donors (Lipinski definition) is 1. The quantitative estimate of drug-likeness (QED) is 0.891. The number of para-hydroxylation sites is 3. The molecule has 130 valence electrons. The van der Waals surface area contributed by atoms with E-state index in [-0.39, 0.29) is 22.0 Å². The van der Waals surface area contributed by atoms with Crippen LogP contribution in [0.4, 0.5) is 16.2 Å². The summed E-state index contributed by atoms with van der Waals surface area (Å²) in [5.74, 6) is -1.09. The Balaban J connectivity index is 2.27. The van der Waals surface area contributed by atoms with Crippen molar-refractivity contribution in [3.05, 3.63) is 48.5 Å². The van der Waals surface area contributed by atoms with E-state index in [2.05, 4.69) is 0 Å². The number of urea groups is 1. The zero-order valence-electron chi connectivity index (χ0n) is 13.1. The van der Waals surface area contributed by atoms with Crippen molar-refractivity contribution < 1.29 is 27.9 Å². The number of nitrogens with zero attached hydrogens (tertiary/aromatic N) is 2. The van der Waals surface area contributed by atoms with Crippen molar-refractivity contribution in [1.29, 1.82) is 0 Å². The molecule has 2 aromatic carbocycles. The van der Waals surface area contributed by atoms with Crippen molar-refractivity contribution in [1.82, 2.24) is 0 Å². The molecule has 1 heterocycles. The third kappa shape index (κ3) is 2.68. The Kier molecular flexibility index (Phi) is 4.09. The summed E-state index contributed by atoms with van der Waals surface area (Å²) in [4.78, 5) is 24.8. The van der Waals surface area contributed by atoms with Gasteiger partial charge in [-0.2, -0.15) is 4.31 Å². The molecule has 2 aromatic rings. The maximum absolute atomic E-state index is 13.0. The van der Waals surface area contributed by atoms with Crippen LogP contribution in [0.1, 0.15) is 0 Å². The minimum Gasteiger partial charge on any atom is -0.495 e. The molecule has 2 amide bonds. The van der Waals surface area contributed by atoms with Crippen LogP contribution in [0.25, 0.3) is 0 Å². The first-order valence-corrected chi connectivity index (χ1v) is 8.62. The number of amides is 2. The summed E-state index contributed by atoms with van der Waals surface area (Å²) in [6.45, 7) is -0.670. The summed E-state index contributed by atoms with van der Waals surface area (Å²) in [6, 6.07) is 10.9. The van der Waals surface area contributed by atoms with Gasteiger partial charge in [0.1, 0.15) is 22.9 Å². The minimum absolute atomic E-state index is 0.0138. The normalized spacial score (nSPS) is 15.6. The Morgan fingerprint density at radius 1 is 1.08 bits per heavy atom. The average Bonchev–Trinajstić information content (AvgIpc) is 2.59. The Morgan fingerprint density at radius 3 is 2.32 bits per heavy atom. The lowest BCUT2D eigenvalue weighted by Gasteiger charge is -2.35. The standard InChI is InChI=1S/C16H14N2O6S/c1-24-13-8-4-2-6-11(13)18-16(21)17(10-15(19)20)12-7-3-5-9-14(12)25(18,22)23/h2-9H,10H2,1H3,(H,19,20). The van der Waals surface area contributed by atoms with E-state index in [9.17, 15) is 18.0 Å². The van der Waals surface area contributed by atoms with Crippen LogP contribution >= 0.6 is 0 Å². The molecule has 0 bridgehead atoms. The third-order valence-electron chi connectivity index (χ3n) is 3.68.